The highest BCUT2D eigenvalue weighted by Gasteiger charge is 2.25. The SMILES string of the molecule is Cc1cccc(CNC(=O)c2ccc3c4ccc(C(=O)O)c5c(C(=O)O)ccc(c6ccc(C(=O)NCc7cccc(C)c7)c2c36)c54)c1. The van der Waals surface area contributed by atoms with Crippen molar-refractivity contribution < 1.29 is 29.4 Å². The molecule has 0 atom stereocenters. The zero-order chi connectivity index (χ0) is 33.7. The third-order valence-corrected chi connectivity index (χ3v) is 8.92. The van der Waals surface area contributed by atoms with Crippen molar-refractivity contribution >= 4 is 66.8 Å². The van der Waals surface area contributed by atoms with Gasteiger partial charge in [-0.05, 0) is 81.6 Å². The minimum Gasteiger partial charge on any atom is -0.478 e. The summed E-state index contributed by atoms with van der Waals surface area (Å²) >= 11 is 0. The monoisotopic (exact) mass is 634 g/mol. The summed E-state index contributed by atoms with van der Waals surface area (Å²) in [5.74, 6) is -3.19. The van der Waals surface area contributed by atoms with Crippen LogP contribution in [0.1, 0.15) is 63.7 Å². The molecular weight excluding hydrogens is 604 g/mol. The Kier molecular flexibility index (Phi) is 7.48. The second kappa shape index (κ2) is 11.8. The van der Waals surface area contributed by atoms with Gasteiger partial charge >= 0.3 is 11.9 Å². The molecule has 0 aliphatic rings. The smallest absolute Gasteiger partial charge is 0.336 e. The van der Waals surface area contributed by atoms with Crippen LogP contribution in [0, 0.1) is 13.8 Å². The van der Waals surface area contributed by atoms with Crippen LogP contribution in [-0.2, 0) is 13.1 Å². The number of fused-ring (bicyclic) bond motifs is 2. The number of carbonyl (C=O) groups is 4. The fourth-order valence-electron chi connectivity index (χ4n) is 6.82. The van der Waals surface area contributed by atoms with Crippen LogP contribution >= 0.6 is 0 Å². The number of aryl methyl sites for hydroxylation is 2. The molecule has 0 spiro atoms. The maximum absolute atomic E-state index is 13.9. The van der Waals surface area contributed by atoms with Gasteiger partial charge < -0.3 is 20.8 Å². The molecule has 4 N–H and O–H groups in total. The molecular formula is C40H30N2O6. The van der Waals surface area contributed by atoms with E-state index in [-0.39, 0.29) is 41.4 Å². The predicted octanol–water partition coefficient (Wildman–Crippen LogP) is 7.61. The van der Waals surface area contributed by atoms with Crippen LogP contribution in [0.2, 0.25) is 0 Å². The van der Waals surface area contributed by atoms with E-state index >= 15 is 0 Å². The van der Waals surface area contributed by atoms with Gasteiger partial charge in [0.05, 0.1) is 11.1 Å². The fourth-order valence-corrected chi connectivity index (χ4v) is 6.82. The fraction of sp³-hybridized carbons (Fsp3) is 0.100. The molecule has 8 nitrogen and oxygen atoms in total. The minimum atomic E-state index is -1.24. The van der Waals surface area contributed by atoms with Gasteiger partial charge in [-0.3, -0.25) is 9.59 Å². The Balaban J connectivity index is 1.47. The van der Waals surface area contributed by atoms with Crippen LogP contribution in [0.5, 0.6) is 0 Å². The molecule has 0 saturated carbocycles. The van der Waals surface area contributed by atoms with Crippen molar-refractivity contribution in [3.05, 3.63) is 142 Å². The van der Waals surface area contributed by atoms with Crippen LogP contribution in [0.3, 0.4) is 0 Å². The van der Waals surface area contributed by atoms with E-state index in [0.717, 1.165) is 22.3 Å². The summed E-state index contributed by atoms with van der Waals surface area (Å²) < 4.78 is 0. The zero-order valence-electron chi connectivity index (χ0n) is 26.2. The first-order valence-electron chi connectivity index (χ1n) is 15.5. The summed E-state index contributed by atoms with van der Waals surface area (Å²) in [6, 6.07) is 28.8. The second-order valence-corrected chi connectivity index (χ2v) is 12.1. The molecule has 8 heteroatoms. The van der Waals surface area contributed by atoms with Gasteiger partial charge in [0.15, 0.2) is 0 Å². The lowest BCUT2D eigenvalue weighted by molar-refractivity contribution is 0.0695. The molecule has 0 bridgehead atoms. The van der Waals surface area contributed by atoms with Gasteiger partial charge in [-0.2, -0.15) is 0 Å². The molecule has 0 aliphatic heterocycles. The number of hydrogen-bond acceptors (Lipinski definition) is 4. The number of carboxylic acids is 2. The number of aromatic carboxylic acids is 2. The molecule has 0 saturated heterocycles. The Bertz CT molecular complexity index is 2320. The normalized spacial score (nSPS) is 11.4. The Morgan fingerprint density at radius 2 is 0.833 bits per heavy atom. The van der Waals surface area contributed by atoms with Crippen LogP contribution < -0.4 is 10.6 Å². The van der Waals surface area contributed by atoms with Crippen LogP contribution in [0.15, 0.2) is 97.1 Å². The average Bonchev–Trinajstić information content (AvgIpc) is 3.07. The molecule has 0 aliphatic carbocycles. The van der Waals surface area contributed by atoms with E-state index in [0.29, 0.717) is 48.8 Å². The number of rotatable bonds is 8. The number of carboxylic acid groups (broad SMARTS) is 2. The summed E-state index contributed by atoms with van der Waals surface area (Å²) in [5, 5.41) is 30.4. The Labute approximate surface area is 275 Å². The molecule has 7 rings (SSSR count). The van der Waals surface area contributed by atoms with Gasteiger partial charge in [0.1, 0.15) is 0 Å². The second-order valence-electron chi connectivity index (χ2n) is 12.1. The first-order valence-corrected chi connectivity index (χ1v) is 15.5. The standard InChI is InChI=1S/C40H30N2O6/c1-21-5-3-7-23(17-21)19-41-37(43)29-13-9-25-27-11-15-31(39(45)46)36-32(40(47)48)16-12-28(34(27)36)26-10-14-30(35(29)33(25)26)38(44)42-20-24-8-4-6-22(2)18-24/h3-18H,19-20H2,1-2H3,(H,41,43)(H,42,44)(H,45,46)(H,47,48). The van der Waals surface area contributed by atoms with E-state index in [1.807, 2.05) is 62.4 Å². The van der Waals surface area contributed by atoms with E-state index in [9.17, 15) is 29.4 Å². The highest BCUT2D eigenvalue weighted by Crippen LogP contribution is 2.44. The van der Waals surface area contributed by atoms with E-state index in [4.69, 9.17) is 0 Å². The topological polar surface area (TPSA) is 133 Å². The number of hydrogen-bond donors (Lipinski definition) is 4. The van der Waals surface area contributed by atoms with Gasteiger partial charge in [0, 0.05) is 35.0 Å². The number of carbonyl (C=O) groups excluding carboxylic acids is 2. The van der Waals surface area contributed by atoms with E-state index in [1.165, 1.54) is 12.1 Å². The third kappa shape index (κ3) is 5.13. The summed E-state index contributed by atoms with van der Waals surface area (Å²) in [4.78, 5) is 52.4. The van der Waals surface area contributed by atoms with Crippen molar-refractivity contribution in [3.8, 4) is 0 Å². The molecule has 0 radical (unpaired) electrons. The van der Waals surface area contributed by atoms with Crippen LogP contribution in [0.4, 0.5) is 0 Å². The van der Waals surface area contributed by atoms with Gasteiger partial charge in [0.25, 0.3) is 11.8 Å². The van der Waals surface area contributed by atoms with Gasteiger partial charge in [0.2, 0.25) is 0 Å². The Morgan fingerprint density at radius 1 is 0.479 bits per heavy atom. The van der Waals surface area contributed by atoms with E-state index in [1.54, 1.807) is 36.4 Å². The summed E-state index contributed by atoms with van der Waals surface area (Å²) in [6.45, 7) is 4.54. The van der Waals surface area contributed by atoms with Crippen molar-refractivity contribution in [2.45, 2.75) is 26.9 Å². The lowest BCUT2D eigenvalue weighted by Crippen LogP contribution is -2.26. The summed E-state index contributed by atoms with van der Waals surface area (Å²) in [7, 11) is 0. The number of benzene rings is 7. The van der Waals surface area contributed by atoms with Crippen molar-refractivity contribution in [2.75, 3.05) is 0 Å². The molecule has 0 heterocycles. The average molecular weight is 635 g/mol. The molecule has 48 heavy (non-hydrogen) atoms. The molecule has 2 amide bonds. The third-order valence-electron chi connectivity index (χ3n) is 8.92. The van der Waals surface area contributed by atoms with Crippen molar-refractivity contribution in [1.82, 2.24) is 10.6 Å². The van der Waals surface area contributed by atoms with E-state index in [2.05, 4.69) is 10.6 Å². The maximum Gasteiger partial charge on any atom is 0.336 e. The van der Waals surface area contributed by atoms with Gasteiger partial charge in [-0.1, -0.05) is 83.9 Å². The Hall–Kier alpha value is -6.28. The van der Waals surface area contributed by atoms with E-state index < -0.39 is 11.9 Å². The molecule has 0 fully saturated rings. The molecule has 7 aromatic rings. The quantitative estimate of drug-likeness (QED) is 0.100. The molecule has 236 valence electrons. The largest absolute Gasteiger partial charge is 0.478 e. The molecule has 0 unspecified atom stereocenters. The lowest BCUT2D eigenvalue weighted by atomic mass is 9.84. The highest BCUT2D eigenvalue weighted by molar-refractivity contribution is 6.38. The number of amides is 2. The van der Waals surface area contributed by atoms with Gasteiger partial charge in [-0.15, -0.1) is 0 Å². The van der Waals surface area contributed by atoms with Crippen molar-refractivity contribution in [2.24, 2.45) is 0 Å². The maximum atomic E-state index is 13.9. The first-order chi connectivity index (χ1) is 23.1. The van der Waals surface area contributed by atoms with Crippen LogP contribution in [-0.4, -0.2) is 34.0 Å². The Morgan fingerprint density at radius 3 is 1.19 bits per heavy atom. The van der Waals surface area contributed by atoms with Crippen LogP contribution in [0.25, 0.3) is 43.1 Å². The zero-order valence-corrected chi connectivity index (χ0v) is 26.2. The van der Waals surface area contributed by atoms with Crippen molar-refractivity contribution in [3.63, 3.8) is 0 Å². The summed E-state index contributed by atoms with van der Waals surface area (Å²) in [5.41, 5.74) is 4.40. The number of nitrogens with one attached hydrogen (secondary N) is 2. The highest BCUT2D eigenvalue weighted by atomic mass is 16.4. The van der Waals surface area contributed by atoms with Crippen molar-refractivity contribution in [1.29, 1.82) is 0 Å². The minimum absolute atomic E-state index is 0.119. The molecule has 7 aromatic carbocycles. The predicted molar refractivity (Wildman–Crippen MR) is 186 cm³/mol. The first kappa shape index (κ1) is 30.4. The summed E-state index contributed by atoms with van der Waals surface area (Å²) in [6.07, 6.45) is 0. The lowest BCUT2D eigenvalue weighted by Gasteiger charge is -2.20. The van der Waals surface area contributed by atoms with Gasteiger partial charge in [-0.25, -0.2) is 9.59 Å². The molecule has 0 aromatic heterocycles.